The van der Waals surface area contributed by atoms with E-state index in [1.165, 1.54) is 0 Å². The second kappa shape index (κ2) is 4.16. The molecule has 1 amide bonds. The third-order valence-corrected chi connectivity index (χ3v) is 2.04. The lowest BCUT2D eigenvalue weighted by Crippen LogP contribution is -2.41. The lowest BCUT2D eigenvalue weighted by Gasteiger charge is -2.29. The van der Waals surface area contributed by atoms with Crippen molar-refractivity contribution in [2.75, 3.05) is 13.2 Å². The second-order valence-electron chi connectivity index (χ2n) is 3.04. The summed E-state index contributed by atoms with van der Waals surface area (Å²) in [4.78, 5) is 12.9. The van der Waals surface area contributed by atoms with Gasteiger partial charge in [-0.2, -0.15) is 0 Å². The molecule has 1 aliphatic heterocycles. The van der Waals surface area contributed by atoms with Gasteiger partial charge < -0.3 is 14.7 Å². The smallest absolute Gasteiger partial charge is 0.410 e. The molecule has 0 saturated carbocycles. The Balaban J connectivity index is 2.57. The summed E-state index contributed by atoms with van der Waals surface area (Å²) in [7, 11) is 0. The topological polar surface area (TPSA) is 49.8 Å². The first-order valence-electron chi connectivity index (χ1n) is 4.48. The average molecular weight is 185 g/mol. The van der Waals surface area contributed by atoms with Crippen LogP contribution in [0.3, 0.4) is 0 Å². The fourth-order valence-electron chi connectivity index (χ4n) is 1.35. The van der Waals surface area contributed by atoms with Crippen molar-refractivity contribution < 1.29 is 14.6 Å². The number of aliphatic hydroxyl groups is 1. The summed E-state index contributed by atoms with van der Waals surface area (Å²) in [6.07, 6.45) is 1.88. The quantitative estimate of drug-likeness (QED) is 0.676. The Hall–Kier alpha value is -1.19. The zero-order valence-electron chi connectivity index (χ0n) is 7.99. The molecule has 0 fully saturated rings. The molecule has 0 spiro atoms. The van der Waals surface area contributed by atoms with Gasteiger partial charge in [0.1, 0.15) is 0 Å². The maximum atomic E-state index is 11.3. The summed E-state index contributed by atoms with van der Waals surface area (Å²) in [5, 5.41) is 9.19. The first kappa shape index (κ1) is 9.89. The van der Waals surface area contributed by atoms with Gasteiger partial charge in [0.15, 0.2) is 0 Å². The van der Waals surface area contributed by atoms with E-state index in [1.807, 2.05) is 6.92 Å². The third-order valence-electron chi connectivity index (χ3n) is 2.04. The number of aliphatic hydroxyl groups excluding tert-OH is 1. The van der Waals surface area contributed by atoms with Crippen molar-refractivity contribution in [3.8, 4) is 0 Å². The number of rotatable bonds is 1. The highest BCUT2D eigenvalue weighted by Crippen LogP contribution is 2.14. The Labute approximate surface area is 77.8 Å². The molecule has 0 aromatic heterocycles. The molecule has 0 aromatic carbocycles. The molecule has 1 heterocycles. The molecule has 0 radical (unpaired) electrons. The molecule has 0 aromatic rings. The van der Waals surface area contributed by atoms with E-state index in [1.54, 1.807) is 17.9 Å². The van der Waals surface area contributed by atoms with Crippen LogP contribution in [0.25, 0.3) is 0 Å². The van der Waals surface area contributed by atoms with Crippen LogP contribution in [-0.2, 0) is 4.74 Å². The lowest BCUT2D eigenvalue weighted by atomic mass is 10.1. The van der Waals surface area contributed by atoms with Crippen LogP contribution in [0.5, 0.6) is 0 Å². The Morgan fingerprint density at radius 1 is 1.85 bits per heavy atom. The minimum absolute atomic E-state index is 0.0761. The van der Waals surface area contributed by atoms with E-state index in [0.29, 0.717) is 25.3 Å². The van der Waals surface area contributed by atoms with E-state index >= 15 is 0 Å². The Morgan fingerprint density at radius 3 is 3.08 bits per heavy atom. The molecular weight excluding hydrogens is 170 g/mol. The van der Waals surface area contributed by atoms with E-state index < -0.39 is 0 Å². The van der Waals surface area contributed by atoms with Gasteiger partial charge in [0.05, 0.1) is 18.4 Å². The molecule has 1 unspecified atom stereocenters. The van der Waals surface area contributed by atoms with Crippen molar-refractivity contribution in [1.82, 2.24) is 4.90 Å². The van der Waals surface area contributed by atoms with E-state index in [2.05, 4.69) is 0 Å². The molecule has 1 N–H and O–H groups in total. The number of nitrogens with zero attached hydrogens (tertiary/aromatic N) is 1. The van der Waals surface area contributed by atoms with E-state index in [9.17, 15) is 9.90 Å². The third kappa shape index (κ3) is 2.37. The van der Waals surface area contributed by atoms with Crippen molar-refractivity contribution >= 4 is 6.09 Å². The minimum Gasteiger partial charge on any atom is -0.513 e. The molecule has 0 saturated heterocycles. The van der Waals surface area contributed by atoms with Crippen molar-refractivity contribution in [3.63, 3.8) is 0 Å². The molecule has 74 valence electrons. The van der Waals surface area contributed by atoms with Gasteiger partial charge in [-0.1, -0.05) is 0 Å². The normalized spacial score (nSPS) is 22.5. The van der Waals surface area contributed by atoms with Gasteiger partial charge in [0.25, 0.3) is 0 Å². The molecule has 4 nitrogen and oxygen atoms in total. The van der Waals surface area contributed by atoms with Crippen LogP contribution in [0, 0.1) is 0 Å². The molecule has 1 aliphatic rings. The summed E-state index contributed by atoms with van der Waals surface area (Å²) in [5.41, 5.74) is 0. The molecule has 13 heavy (non-hydrogen) atoms. The fourth-order valence-corrected chi connectivity index (χ4v) is 1.35. The Morgan fingerprint density at radius 2 is 2.54 bits per heavy atom. The molecular formula is C9H15NO3. The van der Waals surface area contributed by atoms with Gasteiger partial charge >= 0.3 is 6.09 Å². The largest absolute Gasteiger partial charge is 0.513 e. The first-order valence-corrected chi connectivity index (χ1v) is 4.48. The minimum atomic E-state index is -0.307. The maximum absolute atomic E-state index is 11.3. The van der Waals surface area contributed by atoms with Crippen LogP contribution in [0.4, 0.5) is 4.79 Å². The summed E-state index contributed by atoms with van der Waals surface area (Å²) in [6.45, 7) is 4.55. The van der Waals surface area contributed by atoms with E-state index in [0.717, 1.165) is 0 Å². The molecule has 4 heteroatoms. The number of hydrogen-bond donors (Lipinski definition) is 1. The van der Waals surface area contributed by atoms with Gasteiger partial charge in [-0.15, -0.1) is 0 Å². The van der Waals surface area contributed by atoms with Crippen LogP contribution in [0.15, 0.2) is 11.8 Å². The van der Waals surface area contributed by atoms with Crippen LogP contribution in [-0.4, -0.2) is 35.3 Å². The zero-order chi connectivity index (χ0) is 9.84. The van der Waals surface area contributed by atoms with Crippen molar-refractivity contribution in [2.24, 2.45) is 0 Å². The maximum Gasteiger partial charge on any atom is 0.410 e. The zero-order valence-corrected chi connectivity index (χ0v) is 7.99. The fraction of sp³-hybridized carbons (Fsp3) is 0.667. The van der Waals surface area contributed by atoms with Gasteiger partial charge in [0.2, 0.25) is 0 Å². The van der Waals surface area contributed by atoms with Gasteiger partial charge in [-0.25, -0.2) is 4.79 Å². The van der Waals surface area contributed by atoms with E-state index in [-0.39, 0.29) is 12.1 Å². The SMILES string of the molecule is CCOC(=O)N1CCC(O)=CC1C. The summed E-state index contributed by atoms with van der Waals surface area (Å²) in [5.74, 6) is 0.355. The number of carbonyl (C=O) groups excluding carboxylic acids is 1. The Kier molecular flexibility index (Phi) is 3.17. The first-order chi connectivity index (χ1) is 6.15. The molecule has 1 rings (SSSR count). The van der Waals surface area contributed by atoms with Crippen LogP contribution >= 0.6 is 0 Å². The van der Waals surface area contributed by atoms with Gasteiger partial charge in [-0.05, 0) is 19.9 Å². The summed E-state index contributed by atoms with van der Waals surface area (Å²) in [6, 6.07) is -0.0761. The summed E-state index contributed by atoms with van der Waals surface area (Å²) >= 11 is 0. The van der Waals surface area contributed by atoms with Gasteiger partial charge in [0, 0.05) is 13.0 Å². The highest BCUT2D eigenvalue weighted by atomic mass is 16.6. The number of carbonyl (C=O) groups is 1. The number of amides is 1. The Bertz CT molecular complexity index is 225. The number of ether oxygens (including phenoxy) is 1. The molecule has 0 aliphatic carbocycles. The predicted octanol–water partition coefficient (Wildman–Crippen LogP) is 1.68. The van der Waals surface area contributed by atoms with E-state index in [4.69, 9.17) is 4.74 Å². The predicted molar refractivity (Wildman–Crippen MR) is 48.5 cm³/mol. The highest BCUT2D eigenvalue weighted by Gasteiger charge is 2.23. The van der Waals surface area contributed by atoms with Crippen molar-refractivity contribution in [1.29, 1.82) is 0 Å². The van der Waals surface area contributed by atoms with Gasteiger partial charge in [-0.3, -0.25) is 0 Å². The molecule has 0 bridgehead atoms. The molecule has 1 atom stereocenters. The number of hydrogen-bond acceptors (Lipinski definition) is 3. The van der Waals surface area contributed by atoms with Crippen LogP contribution < -0.4 is 0 Å². The highest BCUT2D eigenvalue weighted by molar-refractivity contribution is 5.68. The standard InChI is InChI=1S/C9H15NO3/c1-3-13-9(12)10-5-4-8(11)6-7(10)2/h6-7,11H,3-5H2,1-2H3. The second-order valence-corrected chi connectivity index (χ2v) is 3.04. The average Bonchev–Trinajstić information content (AvgIpc) is 2.04. The van der Waals surface area contributed by atoms with Crippen LogP contribution in [0.2, 0.25) is 0 Å². The monoisotopic (exact) mass is 185 g/mol. The van der Waals surface area contributed by atoms with Crippen molar-refractivity contribution in [3.05, 3.63) is 11.8 Å². The van der Waals surface area contributed by atoms with Crippen LogP contribution in [0.1, 0.15) is 20.3 Å². The summed E-state index contributed by atoms with van der Waals surface area (Å²) < 4.78 is 4.86. The van der Waals surface area contributed by atoms with Crippen molar-refractivity contribution in [2.45, 2.75) is 26.3 Å². The lowest BCUT2D eigenvalue weighted by molar-refractivity contribution is 0.0951.